The van der Waals surface area contributed by atoms with Crippen LogP contribution >= 0.6 is 0 Å². The molecule has 0 fully saturated rings. The van der Waals surface area contributed by atoms with E-state index in [4.69, 9.17) is 9.47 Å². The number of aromatic nitrogens is 2. The van der Waals surface area contributed by atoms with E-state index in [0.717, 1.165) is 35.6 Å². The quantitative estimate of drug-likeness (QED) is 0.911. The fraction of sp³-hybridized carbons (Fsp3) is 0.389. The summed E-state index contributed by atoms with van der Waals surface area (Å²) < 4.78 is 11.1. The first-order valence-electron chi connectivity index (χ1n) is 8.11. The number of methoxy groups -OCH3 is 1. The Morgan fingerprint density at radius 3 is 3.12 bits per heavy atom. The molecule has 126 valence electrons. The number of hydrogen-bond acceptors (Lipinski definition) is 5. The van der Waals surface area contributed by atoms with Crippen LogP contribution in [-0.4, -0.2) is 35.6 Å². The van der Waals surface area contributed by atoms with Gasteiger partial charge in [0.15, 0.2) is 11.5 Å². The highest BCUT2D eigenvalue weighted by Crippen LogP contribution is 2.34. The van der Waals surface area contributed by atoms with Crippen molar-refractivity contribution >= 4 is 5.91 Å². The van der Waals surface area contributed by atoms with Gasteiger partial charge in [-0.2, -0.15) is 0 Å². The van der Waals surface area contributed by atoms with E-state index < -0.39 is 0 Å². The number of aryl methyl sites for hydroxylation is 1. The van der Waals surface area contributed by atoms with Crippen molar-refractivity contribution in [1.29, 1.82) is 0 Å². The number of carbonyl (C=O) groups is 1. The third-order valence-electron chi connectivity index (χ3n) is 4.04. The van der Waals surface area contributed by atoms with Gasteiger partial charge in [-0.05, 0) is 18.9 Å². The van der Waals surface area contributed by atoms with Crippen LogP contribution in [0.1, 0.15) is 35.0 Å². The van der Waals surface area contributed by atoms with Crippen LogP contribution in [0.5, 0.6) is 11.5 Å². The number of para-hydroxylation sites is 1. The van der Waals surface area contributed by atoms with Crippen LogP contribution in [-0.2, 0) is 12.8 Å². The standard InChI is InChI=1S/C18H21N3O3/c1-3-5-15-14(9-19-11-20-15)18(22)21-13-8-12-6-4-7-16(23-2)17(12)24-10-13/h4,6-7,9,11,13H,3,5,8,10H2,1-2H3,(H,21,22). The van der Waals surface area contributed by atoms with Gasteiger partial charge in [-0.1, -0.05) is 25.5 Å². The first-order valence-corrected chi connectivity index (χ1v) is 8.11. The van der Waals surface area contributed by atoms with Gasteiger partial charge in [-0.15, -0.1) is 0 Å². The smallest absolute Gasteiger partial charge is 0.255 e. The highest BCUT2D eigenvalue weighted by molar-refractivity contribution is 5.95. The SMILES string of the molecule is CCCc1ncncc1C(=O)NC1COc2c(cccc2OC)C1. The number of nitrogens with zero attached hydrogens (tertiary/aromatic N) is 2. The molecular formula is C18H21N3O3. The van der Waals surface area contributed by atoms with Crippen molar-refractivity contribution in [2.75, 3.05) is 13.7 Å². The minimum atomic E-state index is -0.154. The fourth-order valence-corrected chi connectivity index (χ4v) is 2.89. The van der Waals surface area contributed by atoms with E-state index in [-0.39, 0.29) is 11.9 Å². The van der Waals surface area contributed by atoms with E-state index in [0.29, 0.717) is 18.6 Å². The molecule has 1 aromatic carbocycles. The summed E-state index contributed by atoms with van der Waals surface area (Å²) in [4.78, 5) is 20.8. The molecule has 1 aromatic heterocycles. The van der Waals surface area contributed by atoms with Crippen molar-refractivity contribution in [3.05, 3.63) is 47.5 Å². The first kappa shape index (κ1) is 16.2. The van der Waals surface area contributed by atoms with E-state index in [1.54, 1.807) is 13.3 Å². The first-order chi connectivity index (χ1) is 11.7. The maximum Gasteiger partial charge on any atom is 0.255 e. The van der Waals surface area contributed by atoms with Gasteiger partial charge in [-0.3, -0.25) is 4.79 Å². The maximum absolute atomic E-state index is 12.6. The molecule has 1 aliphatic rings. The Labute approximate surface area is 141 Å². The third kappa shape index (κ3) is 3.32. The van der Waals surface area contributed by atoms with Crippen molar-refractivity contribution < 1.29 is 14.3 Å². The average Bonchev–Trinajstić information content (AvgIpc) is 2.61. The molecule has 0 saturated heterocycles. The van der Waals surface area contributed by atoms with Crippen molar-refractivity contribution in [3.8, 4) is 11.5 Å². The second kappa shape index (κ2) is 7.29. The zero-order chi connectivity index (χ0) is 16.9. The lowest BCUT2D eigenvalue weighted by molar-refractivity contribution is 0.0912. The largest absolute Gasteiger partial charge is 0.493 e. The van der Waals surface area contributed by atoms with Crippen LogP contribution < -0.4 is 14.8 Å². The summed E-state index contributed by atoms with van der Waals surface area (Å²) in [6.07, 6.45) is 5.44. The van der Waals surface area contributed by atoms with Crippen LogP contribution in [0.25, 0.3) is 0 Å². The highest BCUT2D eigenvalue weighted by Gasteiger charge is 2.25. The minimum absolute atomic E-state index is 0.0909. The van der Waals surface area contributed by atoms with Gasteiger partial charge in [0, 0.05) is 11.8 Å². The molecule has 0 spiro atoms. The fourth-order valence-electron chi connectivity index (χ4n) is 2.89. The predicted octanol–water partition coefficient (Wildman–Crippen LogP) is 2.17. The molecule has 0 radical (unpaired) electrons. The van der Waals surface area contributed by atoms with Gasteiger partial charge in [0.05, 0.1) is 24.4 Å². The molecule has 1 N–H and O–H groups in total. The maximum atomic E-state index is 12.6. The van der Waals surface area contributed by atoms with E-state index in [9.17, 15) is 4.79 Å². The van der Waals surface area contributed by atoms with Crippen molar-refractivity contribution in [2.45, 2.75) is 32.2 Å². The van der Waals surface area contributed by atoms with Crippen LogP contribution in [0.4, 0.5) is 0 Å². The Kier molecular flexibility index (Phi) is 4.93. The van der Waals surface area contributed by atoms with Gasteiger partial charge >= 0.3 is 0 Å². The monoisotopic (exact) mass is 327 g/mol. The molecule has 3 rings (SSSR count). The van der Waals surface area contributed by atoms with Gasteiger partial charge in [0.25, 0.3) is 5.91 Å². The Balaban J connectivity index is 1.72. The summed E-state index contributed by atoms with van der Waals surface area (Å²) in [5.41, 5.74) is 2.35. The van der Waals surface area contributed by atoms with Crippen molar-refractivity contribution in [3.63, 3.8) is 0 Å². The predicted molar refractivity (Wildman–Crippen MR) is 89.5 cm³/mol. The molecule has 1 atom stereocenters. The summed E-state index contributed by atoms with van der Waals surface area (Å²) in [7, 11) is 1.62. The third-order valence-corrected chi connectivity index (χ3v) is 4.04. The van der Waals surface area contributed by atoms with Gasteiger partial charge in [0.1, 0.15) is 12.9 Å². The molecule has 1 unspecified atom stereocenters. The zero-order valence-corrected chi connectivity index (χ0v) is 13.9. The number of rotatable bonds is 5. The molecule has 2 aromatic rings. The lowest BCUT2D eigenvalue weighted by Gasteiger charge is -2.27. The number of nitrogens with one attached hydrogen (secondary N) is 1. The number of benzene rings is 1. The Bertz CT molecular complexity index is 733. The van der Waals surface area contributed by atoms with E-state index in [1.165, 1.54) is 6.33 Å². The normalized spacial score (nSPS) is 16.0. The van der Waals surface area contributed by atoms with Gasteiger partial charge in [0.2, 0.25) is 0 Å². The molecule has 6 nitrogen and oxygen atoms in total. The van der Waals surface area contributed by atoms with Crippen LogP contribution in [0.2, 0.25) is 0 Å². The summed E-state index contributed by atoms with van der Waals surface area (Å²) in [5.74, 6) is 1.33. The average molecular weight is 327 g/mol. The van der Waals surface area contributed by atoms with Crippen LogP contribution in [0, 0.1) is 0 Å². The second-order valence-corrected chi connectivity index (χ2v) is 5.77. The molecule has 1 aliphatic heterocycles. The lowest BCUT2D eigenvalue weighted by atomic mass is 10.0. The summed E-state index contributed by atoms with van der Waals surface area (Å²) >= 11 is 0. The number of ether oxygens (including phenoxy) is 2. The van der Waals surface area contributed by atoms with E-state index in [1.807, 2.05) is 18.2 Å². The topological polar surface area (TPSA) is 73.3 Å². The summed E-state index contributed by atoms with van der Waals surface area (Å²) in [6, 6.07) is 5.70. The molecule has 0 saturated carbocycles. The molecule has 0 aliphatic carbocycles. The zero-order valence-electron chi connectivity index (χ0n) is 13.9. The van der Waals surface area contributed by atoms with Crippen molar-refractivity contribution in [1.82, 2.24) is 15.3 Å². The number of carbonyl (C=O) groups excluding carboxylic acids is 1. The Morgan fingerprint density at radius 1 is 1.46 bits per heavy atom. The number of hydrogen-bond donors (Lipinski definition) is 1. The Hall–Kier alpha value is -2.63. The number of fused-ring (bicyclic) bond motifs is 1. The molecule has 1 amide bonds. The molecule has 0 bridgehead atoms. The van der Waals surface area contributed by atoms with Crippen molar-refractivity contribution in [2.24, 2.45) is 0 Å². The second-order valence-electron chi connectivity index (χ2n) is 5.77. The molecule has 6 heteroatoms. The summed E-state index contributed by atoms with van der Waals surface area (Å²) in [6.45, 7) is 2.47. The van der Waals surface area contributed by atoms with Gasteiger partial charge in [-0.25, -0.2) is 9.97 Å². The van der Waals surface area contributed by atoms with Crippen LogP contribution in [0.15, 0.2) is 30.7 Å². The summed E-state index contributed by atoms with van der Waals surface area (Å²) in [5, 5.41) is 3.03. The Morgan fingerprint density at radius 2 is 2.33 bits per heavy atom. The molecule has 24 heavy (non-hydrogen) atoms. The number of amides is 1. The van der Waals surface area contributed by atoms with Crippen LogP contribution in [0.3, 0.4) is 0 Å². The van der Waals surface area contributed by atoms with Gasteiger partial charge < -0.3 is 14.8 Å². The van der Waals surface area contributed by atoms with E-state index >= 15 is 0 Å². The molecular weight excluding hydrogens is 306 g/mol. The highest BCUT2D eigenvalue weighted by atomic mass is 16.5. The van der Waals surface area contributed by atoms with E-state index in [2.05, 4.69) is 22.2 Å². The minimum Gasteiger partial charge on any atom is -0.493 e. The molecule has 2 heterocycles. The lowest BCUT2D eigenvalue weighted by Crippen LogP contribution is -2.43.